The van der Waals surface area contributed by atoms with Crippen LogP contribution in [-0.2, 0) is 10.0 Å². The molecule has 0 aliphatic carbocycles. The molecule has 2 rings (SSSR count). The Labute approximate surface area is 122 Å². The number of hydrogen-bond donors (Lipinski definition) is 2. The van der Waals surface area contributed by atoms with Crippen LogP contribution in [0, 0.1) is 13.8 Å². The van der Waals surface area contributed by atoms with Crippen LogP contribution in [0.3, 0.4) is 0 Å². The molecule has 0 saturated heterocycles. The van der Waals surface area contributed by atoms with E-state index in [4.69, 9.17) is 17.3 Å². The third kappa shape index (κ3) is 3.02. The first-order chi connectivity index (χ1) is 9.29. The second-order valence-corrected chi connectivity index (χ2v) is 6.53. The van der Waals surface area contributed by atoms with Gasteiger partial charge >= 0.3 is 0 Å². The second kappa shape index (κ2) is 5.30. The molecule has 0 fully saturated rings. The molecule has 0 atom stereocenters. The first-order valence-electron chi connectivity index (χ1n) is 5.81. The van der Waals surface area contributed by atoms with Crippen molar-refractivity contribution < 1.29 is 8.42 Å². The van der Waals surface area contributed by atoms with Gasteiger partial charge in [-0.15, -0.1) is 0 Å². The molecule has 0 spiro atoms. The average molecular weight is 312 g/mol. The zero-order chi connectivity index (χ0) is 14.9. The topological polar surface area (TPSA) is 85.1 Å². The van der Waals surface area contributed by atoms with Crippen molar-refractivity contribution in [3.8, 4) is 0 Å². The summed E-state index contributed by atoms with van der Waals surface area (Å²) in [5.74, 6) is 0.203. The number of hydrogen-bond acceptors (Lipinski definition) is 4. The van der Waals surface area contributed by atoms with E-state index in [9.17, 15) is 8.42 Å². The highest BCUT2D eigenvalue weighted by molar-refractivity contribution is 7.92. The summed E-state index contributed by atoms with van der Waals surface area (Å²) in [7, 11) is -3.74. The van der Waals surface area contributed by atoms with E-state index in [1.54, 1.807) is 32.0 Å². The number of anilines is 2. The molecule has 1 aromatic carbocycles. The molecular weight excluding hydrogens is 298 g/mol. The SMILES string of the molecule is Cc1cc(N)c(C)c(S(=O)(=O)Nc2ccc(Cl)cn2)c1. The number of sulfonamides is 1. The van der Waals surface area contributed by atoms with E-state index in [0.29, 0.717) is 16.3 Å². The number of aromatic nitrogens is 1. The Hall–Kier alpha value is -1.79. The van der Waals surface area contributed by atoms with Gasteiger partial charge in [0.05, 0.1) is 9.92 Å². The van der Waals surface area contributed by atoms with E-state index in [0.717, 1.165) is 5.56 Å². The van der Waals surface area contributed by atoms with Gasteiger partial charge in [-0.05, 0) is 49.2 Å². The van der Waals surface area contributed by atoms with Gasteiger partial charge in [0.2, 0.25) is 0 Å². The maximum atomic E-state index is 12.4. The molecule has 2 aromatic rings. The van der Waals surface area contributed by atoms with Crippen molar-refractivity contribution >= 4 is 33.1 Å². The molecule has 0 aliphatic heterocycles. The highest BCUT2D eigenvalue weighted by Gasteiger charge is 2.19. The molecule has 5 nitrogen and oxygen atoms in total. The number of nitrogens with two attached hydrogens (primary N) is 1. The van der Waals surface area contributed by atoms with Gasteiger partial charge in [0.25, 0.3) is 10.0 Å². The fourth-order valence-corrected chi connectivity index (χ4v) is 3.24. The van der Waals surface area contributed by atoms with E-state index in [1.165, 1.54) is 12.3 Å². The standard InChI is InChI=1S/C13H14ClN3O2S/c1-8-5-11(15)9(2)12(6-8)20(18,19)17-13-4-3-10(14)7-16-13/h3-7H,15H2,1-2H3,(H,16,17). The van der Waals surface area contributed by atoms with Crippen LogP contribution >= 0.6 is 11.6 Å². The van der Waals surface area contributed by atoms with Crippen LogP contribution in [0.25, 0.3) is 0 Å². The molecule has 3 N–H and O–H groups in total. The number of nitrogen functional groups attached to an aromatic ring is 1. The van der Waals surface area contributed by atoms with Gasteiger partial charge in [-0.2, -0.15) is 0 Å². The van der Waals surface area contributed by atoms with E-state index in [1.807, 2.05) is 0 Å². The minimum absolute atomic E-state index is 0.145. The summed E-state index contributed by atoms with van der Waals surface area (Å²) in [6.07, 6.45) is 1.37. The lowest BCUT2D eigenvalue weighted by Crippen LogP contribution is -2.16. The maximum absolute atomic E-state index is 12.4. The highest BCUT2D eigenvalue weighted by Crippen LogP contribution is 2.24. The summed E-state index contributed by atoms with van der Waals surface area (Å²) in [5.41, 5.74) is 7.53. The monoisotopic (exact) mass is 311 g/mol. The molecule has 20 heavy (non-hydrogen) atoms. The number of nitrogens with zero attached hydrogens (tertiary/aromatic N) is 1. The summed E-state index contributed by atoms with van der Waals surface area (Å²) in [5, 5.41) is 0.434. The fourth-order valence-electron chi connectivity index (χ4n) is 1.76. The van der Waals surface area contributed by atoms with Gasteiger partial charge in [0.1, 0.15) is 5.82 Å². The Morgan fingerprint density at radius 2 is 1.95 bits per heavy atom. The molecule has 1 aromatic heterocycles. The third-order valence-electron chi connectivity index (χ3n) is 2.80. The highest BCUT2D eigenvalue weighted by atomic mass is 35.5. The summed E-state index contributed by atoms with van der Waals surface area (Å²) >= 11 is 5.71. The molecule has 0 aliphatic rings. The van der Waals surface area contributed by atoms with E-state index in [2.05, 4.69) is 9.71 Å². The summed E-state index contributed by atoms with van der Waals surface area (Å²) in [4.78, 5) is 4.06. The molecule has 0 amide bonds. The van der Waals surface area contributed by atoms with Gasteiger partial charge in [0.15, 0.2) is 0 Å². The van der Waals surface area contributed by atoms with Crippen molar-refractivity contribution in [1.82, 2.24) is 4.98 Å². The second-order valence-electron chi connectivity index (χ2n) is 4.44. The maximum Gasteiger partial charge on any atom is 0.263 e. The first-order valence-corrected chi connectivity index (χ1v) is 7.67. The van der Waals surface area contributed by atoms with Crippen LogP contribution in [0.5, 0.6) is 0 Å². The predicted octanol–water partition coefficient (Wildman–Crippen LogP) is 2.73. The lowest BCUT2D eigenvalue weighted by Gasteiger charge is -2.12. The molecule has 0 bridgehead atoms. The number of rotatable bonds is 3. The Bertz CT molecular complexity index is 743. The van der Waals surface area contributed by atoms with Crippen LogP contribution in [0.2, 0.25) is 5.02 Å². The molecule has 0 unspecified atom stereocenters. The van der Waals surface area contributed by atoms with E-state index >= 15 is 0 Å². The van der Waals surface area contributed by atoms with Crippen molar-refractivity contribution in [3.05, 3.63) is 46.6 Å². The van der Waals surface area contributed by atoms with Gasteiger partial charge in [-0.3, -0.25) is 4.72 Å². The molecular formula is C13H14ClN3O2S. The van der Waals surface area contributed by atoms with Gasteiger partial charge in [-0.25, -0.2) is 13.4 Å². The Morgan fingerprint density at radius 1 is 1.25 bits per heavy atom. The van der Waals surface area contributed by atoms with Crippen molar-refractivity contribution in [2.75, 3.05) is 10.5 Å². The molecule has 0 saturated carbocycles. The Kier molecular flexibility index (Phi) is 3.87. The number of aryl methyl sites for hydroxylation is 1. The smallest absolute Gasteiger partial charge is 0.263 e. The molecule has 106 valence electrons. The number of benzene rings is 1. The van der Waals surface area contributed by atoms with Crippen molar-refractivity contribution in [1.29, 1.82) is 0 Å². The van der Waals surface area contributed by atoms with Gasteiger partial charge in [0, 0.05) is 11.9 Å². The minimum atomic E-state index is -3.74. The Morgan fingerprint density at radius 3 is 2.55 bits per heavy atom. The van der Waals surface area contributed by atoms with Crippen molar-refractivity contribution in [2.24, 2.45) is 0 Å². The number of halogens is 1. The summed E-state index contributed by atoms with van der Waals surface area (Å²) < 4.78 is 27.1. The van der Waals surface area contributed by atoms with Crippen LogP contribution < -0.4 is 10.5 Å². The van der Waals surface area contributed by atoms with Crippen molar-refractivity contribution in [3.63, 3.8) is 0 Å². The zero-order valence-corrected chi connectivity index (χ0v) is 12.6. The first kappa shape index (κ1) is 14.6. The minimum Gasteiger partial charge on any atom is -0.398 e. The normalized spacial score (nSPS) is 11.3. The van der Waals surface area contributed by atoms with Crippen molar-refractivity contribution in [2.45, 2.75) is 18.7 Å². The summed E-state index contributed by atoms with van der Waals surface area (Å²) in [6, 6.07) is 6.36. The van der Waals surface area contributed by atoms with Gasteiger partial charge < -0.3 is 5.73 Å². The number of nitrogens with one attached hydrogen (secondary N) is 1. The largest absolute Gasteiger partial charge is 0.398 e. The predicted molar refractivity (Wildman–Crippen MR) is 80.4 cm³/mol. The van der Waals surface area contributed by atoms with Crippen LogP contribution in [0.1, 0.15) is 11.1 Å². The van der Waals surface area contributed by atoms with E-state index < -0.39 is 10.0 Å². The average Bonchev–Trinajstić information content (AvgIpc) is 2.36. The quantitative estimate of drug-likeness (QED) is 0.853. The van der Waals surface area contributed by atoms with Crippen LogP contribution in [0.4, 0.5) is 11.5 Å². The van der Waals surface area contributed by atoms with Crippen LogP contribution in [0.15, 0.2) is 35.4 Å². The molecule has 0 radical (unpaired) electrons. The Balaban J connectivity index is 2.43. The fraction of sp³-hybridized carbons (Fsp3) is 0.154. The molecule has 1 heterocycles. The lowest BCUT2D eigenvalue weighted by atomic mass is 10.1. The zero-order valence-electron chi connectivity index (χ0n) is 11.0. The lowest BCUT2D eigenvalue weighted by molar-refractivity contribution is 0.600. The summed E-state index contributed by atoms with van der Waals surface area (Å²) in [6.45, 7) is 3.45. The van der Waals surface area contributed by atoms with E-state index in [-0.39, 0.29) is 10.7 Å². The number of pyridine rings is 1. The van der Waals surface area contributed by atoms with Gasteiger partial charge in [-0.1, -0.05) is 11.6 Å². The van der Waals surface area contributed by atoms with Crippen LogP contribution in [-0.4, -0.2) is 13.4 Å². The molecule has 7 heteroatoms. The third-order valence-corrected chi connectivity index (χ3v) is 4.50.